The average molecular weight is 378 g/mol. The number of nitrogens with zero attached hydrogens (tertiary/aromatic N) is 1. The lowest BCUT2D eigenvalue weighted by Gasteiger charge is -2.22. The van der Waals surface area contributed by atoms with Gasteiger partial charge in [0.05, 0.1) is 0 Å². The third-order valence-corrected chi connectivity index (χ3v) is 4.88. The zero-order chi connectivity index (χ0) is 19.3. The quantitative estimate of drug-likeness (QED) is 0.846. The van der Waals surface area contributed by atoms with Crippen LogP contribution in [-0.2, 0) is 20.9 Å². The van der Waals surface area contributed by atoms with Crippen molar-refractivity contribution in [3.63, 3.8) is 0 Å². The Bertz CT molecular complexity index is 684. The van der Waals surface area contributed by atoms with Crippen molar-refractivity contribution in [2.45, 2.75) is 46.3 Å². The molecule has 6 nitrogen and oxygen atoms in total. The number of amides is 2. The Hall–Kier alpha value is -2.02. The number of benzene rings is 1. The first kappa shape index (κ1) is 20.3. The number of hydrogen-bond donors (Lipinski definition) is 1. The fourth-order valence-corrected chi connectivity index (χ4v) is 3.45. The van der Waals surface area contributed by atoms with E-state index in [1.807, 2.05) is 18.2 Å². The Kier molecular flexibility index (Phi) is 6.69. The van der Waals surface area contributed by atoms with Gasteiger partial charge in [0.2, 0.25) is 5.91 Å². The molecular formula is C19H26N2O4S. The lowest BCUT2D eigenvalue weighted by atomic mass is 10.1. The number of hydrogen-bond acceptors (Lipinski definition) is 5. The third kappa shape index (κ3) is 6.37. The van der Waals surface area contributed by atoms with Gasteiger partial charge in [0, 0.05) is 37.9 Å². The maximum atomic E-state index is 12.3. The number of thioether (sulfide) groups is 1. The van der Waals surface area contributed by atoms with E-state index in [0.717, 1.165) is 5.56 Å². The number of nitrogens with one attached hydrogen (secondary N) is 1. The van der Waals surface area contributed by atoms with E-state index in [1.165, 1.54) is 18.7 Å². The summed E-state index contributed by atoms with van der Waals surface area (Å²) < 4.78 is 5.29. The summed E-state index contributed by atoms with van der Waals surface area (Å²) in [6.45, 7) is 8.01. The zero-order valence-corrected chi connectivity index (χ0v) is 16.5. The molecule has 7 heteroatoms. The summed E-state index contributed by atoms with van der Waals surface area (Å²) in [6.07, 6.45) is -0.0597. The summed E-state index contributed by atoms with van der Waals surface area (Å²) in [5.41, 5.74) is 0.911. The van der Waals surface area contributed by atoms with Gasteiger partial charge in [0.1, 0.15) is 5.60 Å². The number of para-hydroxylation sites is 1. The van der Waals surface area contributed by atoms with Crippen molar-refractivity contribution in [3.05, 3.63) is 29.8 Å². The largest absolute Gasteiger partial charge is 0.444 e. The van der Waals surface area contributed by atoms with Crippen molar-refractivity contribution >= 4 is 34.6 Å². The fourth-order valence-electron chi connectivity index (χ4n) is 2.75. The molecule has 26 heavy (non-hydrogen) atoms. The van der Waals surface area contributed by atoms with Crippen molar-refractivity contribution in [1.29, 1.82) is 0 Å². The molecule has 1 unspecified atom stereocenters. The molecule has 0 saturated carbocycles. The van der Waals surface area contributed by atoms with E-state index >= 15 is 0 Å². The molecular weight excluding hydrogens is 352 g/mol. The van der Waals surface area contributed by atoms with Gasteiger partial charge in [-0.2, -0.15) is 0 Å². The topological polar surface area (TPSA) is 75.7 Å². The fraction of sp³-hybridized carbons (Fsp3) is 0.526. The summed E-state index contributed by atoms with van der Waals surface area (Å²) in [6, 6.07) is 7.38. The highest BCUT2D eigenvalue weighted by Gasteiger charge is 2.30. The molecule has 1 atom stereocenters. The van der Waals surface area contributed by atoms with Gasteiger partial charge in [-0.25, -0.2) is 4.79 Å². The van der Waals surface area contributed by atoms with Crippen LogP contribution in [0.25, 0.3) is 0 Å². The molecule has 1 aliphatic rings. The minimum atomic E-state index is -0.578. The van der Waals surface area contributed by atoms with Crippen molar-refractivity contribution in [1.82, 2.24) is 4.90 Å². The Morgan fingerprint density at radius 3 is 2.65 bits per heavy atom. The Morgan fingerprint density at radius 2 is 2.00 bits per heavy atom. The molecule has 0 aliphatic carbocycles. The first-order valence-corrected chi connectivity index (χ1v) is 9.61. The number of rotatable bonds is 5. The van der Waals surface area contributed by atoms with Gasteiger partial charge in [-0.15, -0.1) is 0 Å². The molecule has 0 spiro atoms. The molecule has 0 bridgehead atoms. The first-order chi connectivity index (χ1) is 12.1. The molecule has 0 aromatic heterocycles. The highest BCUT2D eigenvalue weighted by molar-refractivity contribution is 8.13. The van der Waals surface area contributed by atoms with E-state index < -0.39 is 11.7 Å². The van der Waals surface area contributed by atoms with Gasteiger partial charge >= 0.3 is 6.09 Å². The summed E-state index contributed by atoms with van der Waals surface area (Å²) in [4.78, 5) is 37.2. The second-order valence-corrected chi connectivity index (χ2v) is 8.63. The van der Waals surface area contributed by atoms with Gasteiger partial charge in [-0.1, -0.05) is 30.0 Å². The van der Waals surface area contributed by atoms with E-state index in [4.69, 9.17) is 4.74 Å². The number of likely N-dealkylation sites (tertiary alicyclic amines) is 1. The summed E-state index contributed by atoms with van der Waals surface area (Å²) in [7, 11) is 0. The van der Waals surface area contributed by atoms with Crippen LogP contribution in [0, 0.1) is 5.92 Å². The minimum Gasteiger partial charge on any atom is -0.444 e. The van der Waals surface area contributed by atoms with Gasteiger partial charge in [-0.3, -0.25) is 14.9 Å². The van der Waals surface area contributed by atoms with Crippen LogP contribution in [0.2, 0.25) is 0 Å². The molecule has 1 aromatic carbocycles. The van der Waals surface area contributed by atoms with Gasteiger partial charge in [0.15, 0.2) is 5.12 Å². The molecule has 1 aromatic rings. The second-order valence-electron chi connectivity index (χ2n) is 7.43. The van der Waals surface area contributed by atoms with E-state index in [0.29, 0.717) is 31.0 Å². The van der Waals surface area contributed by atoms with Crippen LogP contribution in [-0.4, -0.2) is 39.9 Å². The molecule has 142 valence electrons. The van der Waals surface area contributed by atoms with Gasteiger partial charge in [-0.05, 0) is 38.3 Å². The molecule has 2 rings (SSSR count). The van der Waals surface area contributed by atoms with Crippen molar-refractivity contribution < 1.29 is 19.1 Å². The zero-order valence-electron chi connectivity index (χ0n) is 15.7. The molecule has 1 heterocycles. The standard InChI is InChI=1S/C19H26N2O4S/c1-13(22)26-12-14-9-17(23)21(10-14)11-15-7-5-6-8-16(15)20-18(24)25-19(2,3)4/h5-8,14H,9-12H2,1-4H3,(H,20,24). The lowest BCUT2D eigenvalue weighted by molar-refractivity contribution is -0.128. The summed E-state index contributed by atoms with van der Waals surface area (Å²) in [5, 5.41) is 2.83. The van der Waals surface area contributed by atoms with Crippen LogP contribution in [0.3, 0.4) is 0 Å². The van der Waals surface area contributed by atoms with E-state index in [9.17, 15) is 14.4 Å². The highest BCUT2D eigenvalue weighted by atomic mass is 32.2. The molecule has 2 amide bonds. The molecule has 1 fully saturated rings. The normalized spacial score (nSPS) is 17.3. The maximum Gasteiger partial charge on any atom is 0.412 e. The molecule has 1 N–H and O–H groups in total. The predicted octanol–water partition coefficient (Wildman–Crippen LogP) is 3.66. The van der Waals surface area contributed by atoms with Crippen molar-refractivity contribution in [2.75, 3.05) is 17.6 Å². The molecule has 1 aliphatic heterocycles. The summed E-state index contributed by atoms with van der Waals surface area (Å²) >= 11 is 1.26. The van der Waals surface area contributed by atoms with Crippen LogP contribution >= 0.6 is 11.8 Å². The Balaban J connectivity index is 2.00. The first-order valence-electron chi connectivity index (χ1n) is 8.63. The van der Waals surface area contributed by atoms with E-state index in [-0.39, 0.29) is 16.9 Å². The van der Waals surface area contributed by atoms with Gasteiger partial charge in [0.25, 0.3) is 0 Å². The third-order valence-electron chi connectivity index (χ3n) is 3.83. The van der Waals surface area contributed by atoms with Crippen molar-refractivity contribution in [2.24, 2.45) is 5.92 Å². The number of carbonyl (C=O) groups excluding carboxylic acids is 3. The smallest absolute Gasteiger partial charge is 0.412 e. The number of ether oxygens (including phenoxy) is 1. The lowest BCUT2D eigenvalue weighted by Crippen LogP contribution is -2.28. The highest BCUT2D eigenvalue weighted by Crippen LogP contribution is 2.26. The Labute approximate surface area is 158 Å². The number of anilines is 1. The monoisotopic (exact) mass is 378 g/mol. The Morgan fingerprint density at radius 1 is 1.31 bits per heavy atom. The number of carbonyl (C=O) groups is 3. The predicted molar refractivity (Wildman–Crippen MR) is 103 cm³/mol. The summed E-state index contributed by atoms with van der Waals surface area (Å²) in [5.74, 6) is 0.920. The maximum absolute atomic E-state index is 12.3. The van der Waals surface area contributed by atoms with E-state index in [1.54, 1.807) is 31.7 Å². The van der Waals surface area contributed by atoms with Crippen LogP contribution in [0.15, 0.2) is 24.3 Å². The minimum absolute atomic E-state index is 0.0720. The van der Waals surface area contributed by atoms with Gasteiger partial charge < -0.3 is 9.64 Å². The van der Waals surface area contributed by atoms with Crippen molar-refractivity contribution in [3.8, 4) is 0 Å². The van der Waals surface area contributed by atoms with Crippen LogP contribution in [0.5, 0.6) is 0 Å². The van der Waals surface area contributed by atoms with Crippen LogP contribution < -0.4 is 5.32 Å². The second kappa shape index (κ2) is 8.58. The van der Waals surface area contributed by atoms with Crippen LogP contribution in [0.1, 0.15) is 39.7 Å². The average Bonchev–Trinajstić information content (AvgIpc) is 2.85. The van der Waals surface area contributed by atoms with Crippen LogP contribution in [0.4, 0.5) is 10.5 Å². The van der Waals surface area contributed by atoms with E-state index in [2.05, 4.69) is 5.32 Å². The molecule has 1 saturated heterocycles. The molecule has 0 radical (unpaired) electrons. The SMILES string of the molecule is CC(=O)SCC1CC(=O)N(Cc2ccccc2NC(=O)OC(C)(C)C)C1.